The second-order valence-corrected chi connectivity index (χ2v) is 6.74. The molecular formula is C18H17ClN2O2S. The Morgan fingerprint density at radius 1 is 1.29 bits per heavy atom. The van der Waals surface area contributed by atoms with E-state index in [2.05, 4.69) is 4.99 Å². The van der Waals surface area contributed by atoms with Gasteiger partial charge in [-0.25, -0.2) is 0 Å². The molecule has 1 amide bonds. The molecule has 0 saturated heterocycles. The van der Waals surface area contributed by atoms with E-state index in [4.69, 9.17) is 16.3 Å². The van der Waals surface area contributed by atoms with E-state index in [0.29, 0.717) is 28.0 Å². The average Bonchev–Trinajstić information content (AvgIpc) is 3.12. The molecule has 24 heavy (non-hydrogen) atoms. The minimum Gasteiger partial charge on any atom is -0.497 e. The first kappa shape index (κ1) is 16.9. The first-order valence-corrected chi connectivity index (χ1v) is 8.89. The first-order valence-electron chi connectivity index (χ1n) is 7.52. The van der Waals surface area contributed by atoms with Crippen molar-refractivity contribution < 1.29 is 9.53 Å². The molecule has 2 aromatic carbocycles. The standard InChI is InChI=1S/C18H17ClN2O2S/c1-12-15(7-4-8-16(12)19)17(22)21(18-20-9-10-24-18)13-5-3-6-14(11-13)23-2/h3-8,11H,9-10H2,1-2H3. The number of thioether (sulfide) groups is 1. The van der Waals surface area contributed by atoms with Crippen LogP contribution in [0.15, 0.2) is 47.5 Å². The van der Waals surface area contributed by atoms with Crippen LogP contribution in [-0.2, 0) is 0 Å². The summed E-state index contributed by atoms with van der Waals surface area (Å²) in [5.41, 5.74) is 2.06. The Labute approximate surface area is 150 Å². The highest BCUT2D eigenvalue weighted by molar-refractivity contribution is 8.14. The molecule has 124 valence electrons. The number of methoxy groups -OCH3 is 1. The Morgan fingerprint density at radius 2 is 2.08 bits per heavy atom. The van der Waals surface area contributed by atoms with Gasteiger partial charge in [0.25, 0.3) is 5.91 Å². The minimum atomic E-state index is -0.142. The Morgan fingerprint density at radius 3 is 2.79 bits per heavy atom. The Bertz CT molecular complexity index is 807. The molecule has 1 heterocycles. The van der Waals surface area contributed by atoms with Crippen molar-refractivity contribution in [3.8, 4) is 5.75 Å². The van der Waals surface area contributed by atoms with Gasteiger partial charge in [-0.3, -0.25) is 14.7 Å². The molecule has 0 unspecified atom stereocenters. The summed E-state index contributed by atoms with van der Waals surface area (Å²) in [6.45, 7) is 2.56. The number of anilines is 1. The van der Waals surface area contributed by atoms with Gasteiger partial charge in [-0.1, -0.05) is 35.5 Å². The lowest BCUT2D eigenvalue weighted by molar-refractivity contribution is 0.100. The predicted molar refractivity (Wildman–Crippen MR) is 101 cm³/mol. The number of nitrogens with zero attached hydrogens (tertiary/aromatic N) is 2. The summed E-state index contributed by atoms with van der Waals surface area (Å²) in [5.74, 6) is 1.42. The molecule has 4 nitrogen and oxygen atoms in total. The zero-order chi connectivity index (χ0) is 17.1. The maximum atomic E-state index is 13.2. The molecule has 0 aliphatic carbocycles. The second kappa shape index (κ2) is 7.28. The van der Waals surface area contributed by atoms with E-state index >= 15 is 0 Å². The van der Waals surface area contributed by atoms with Crippen molar-refractivity contribution in [2.45, 2.75) is 6.92 Å². The van der Waals surface area contributed by atoms with Crippen LogP contribution in [0, 0.1) is 6.92 Å². The zero-order valence-corrected chi connectivity index (χ0v) is 15.0. The summed E-state index contributed by atoms with van der Waals surface area (Å²) < 4.78 is 5.29. The molecule has 0 spiro atoms. The number of halogens is 1. The molecule has 1 aliphatic rings. The van der Waals surface area contributed by atoms with Gasteiger partial charge in [0.1, 0.15) is 5.75 Å². The molecule has 0 N–H and O–H groups in total. The molecule has 0 atom stereocenters. The highest BCUT2D eigenvalue weighted by atomic mass is 35.5. The monoisotopic (exact) mass is 360 g/mol. The molecule has 0 fully saturated rings. The maximum absolute atomic E-state index is 13.2. The van der Waals surface area contributed by atoms with Gasteiger partial charge in [0.2, 0.25) is 0 Å². The Balaban J connectivity index is 2.07. The Hall–Kier alpha value is -1.98. The third kappa shape index (κ3) is 3.28. The molecule has 1 aliphatic heterocycles. The fourth-order valence-corrected chi connectivity index (χ4v) is 3.52. The van der Waals surface area contributed by atoms with Gasteiger partial charge >= 0.3 is 0 Å². The third-order valence-corrected chi connectivity index (χ3v) is 5.14. The van der Waals surface area contributed by atoms with E-state index in [1.807, 2.05) is 31.2 Å². The lowest BCUT2D eigenvalue weighted by atomic mass is 10.1. The molecule has 2 aromatic rings. The number of ether oxygens (including phenoxy) is 1. The maximum Gasteiger partial charge on any atom is 0.264 e. The van der Waals surface area contributed by atoms with Crippen molar-refractivity contribution >= 4 is 40.1 Å². The number of amides is 1. The van der Waals surface area contributed by atoms with Crippen LogP contribution < -0.4 is 9.64 Å². The van der Waals surface area contributed by atoms with E-state index < -0.39 is 0 Å². The quantitative estimate of drug-likeness (QED) is 0.814. The second-order valence-electron chi connectivity index (χ2n) is 5.27. The van der Waals surface area contributed by atoms with Crippen molar-refractivity contribution in [2.75, 3.05) is 24.3 Å². The van der Waals surface area contributed by atoms with Gasteiger partial charge in [-0.15, -0.1) is 0 Å². The van der Waals surface area contributed by atoms with Crippen LogP contribution in [0.3, 0.4) is 0 Å². The summed E-state index contributed by atoms with van der Waals surface area (Å²) >= 11 is 7.76. The third-order valence-electron chi connectivity index (χ3n) is 3.77. The summed E-state index contributed by atoms with van der Waals surface area (Å²) in [7, 11) is 1.61. The van der Waals surface area contributed by atoms with Crippen LogP contribution in [-0.4, -0.2) is 30.5 Å². The largest absolute Gasteiger partial charge is 0.497 e. The molecule has 0 aromatic heterocycles. The molecule has 0 radical (unpaired) electrons. The van der Waals surface area contributed by atoms with Gasteiger partial charge in [-0.05, 0) is 36.8 Å². The van der Waals surface area contributed by atoms with Crippen molar-refractivity contribution in [2.24, 2.45) is 4.99 Å². The van der Waals surface area contributed by atoms with Crippen LogP contribution in [0.1, 0.15) is 15.9 Å². The average molecular weight is 361 g/mol. The van der Waals surface area contributed by atoms with Crippen LogP contribution >= 0.6 is 23.4 Å². The minimum absolute atomic E-state index is 0.142. The van der Waals surface area contributed by atoms with Gasteiger partial charge in [0.15, 0.2) is 5.17 Å². The number of carbonyl (C=O) groups is 1. The normalized spacial score (nSPS) is 13.5. The van der Waals surface area contributed by atoms with Gasteiger partial charge < -0.3 is 4.74 Å². The first-order chi connectivity index (χ1) is 11.6. The van der Waals surface area contributed by atoms with Crippen molar-refractivity contribution in [3.05, 3.63) is 58.6 Å². The fourth-order valence-electron chi connectivity index (χ4n) is 2.48. The highest BCUT2D eigenvalue weighted by Gasteiger charge is 2.27. The van der Waals surface area contributed by atoms with Crippen LogP contribution in [0.2, 0.25) is 5.02 Å². The molecule has 0 saturated carbocycles. The predicted octanol–water partition coefficient (Wildman–Crippen LogP) is 4.41. The van der Waals surface area contributed by atoms with Gasteiger partial charge in [0, 0.05) is 22.4 Å². The van der Waals surface area contributed by atoms with Gasteiger partial charge in [0.05, 0.1) is 19.3 Å². The fraction of sp³-hybridized carbons (Fsp3) is 0.222. The topological polar surface area (TPSA) is 41.9 Å². The number of hydrogen-bond donors (Lipinski definition) is 0. The van der Waals surface area contributed by atoms with Gasteiger partial charge in [-0.2, -0.15) is 0 Å². The van der Waals surface area contributed by atoms with Crippen LogP contribution in [0.25, 0.3) is 0 Å². The zero-order valence-electron chi connectivity index (χ0n) is 13.5. The van der Waals surface area contributed by atoms with E-state index in [9.17, 15) is 4.79 Å². The van der Waals surface area contributed by atoms with Crippen LogP contribution in [0.5, 0.6) is 5.75 Å². The van der Waals surface area contributed by atoms with E-state index in [-0.39, 0.29) is 5.91 Å². The number of amidine groups is 1. The van der Waals surface area contributed by atoms with E-state index in [0.717, 1.165) is 17.0 Å². The molecular weight excluding hydrogens is 344 g/mol. The number of carbonyl (C=O) groups excluding carboxylic acids is 1. The highest BCUT2D eigenvalue weighted by Crippen LogP contribution is 2.29. The molecule has 3 rings (SSSR count). The van der Waals surface area contributed by atoms with Crippen molar-refractivity contribution in [1.82, 2.24) is 0 Å². The summed E-state index contributed by atoms with van der Waals surface area (Å²) in [5, 5.41) is 1.28. The smallest absolute Gasteiger partial charge is 0.264 e. The van der Waals surface area contributed by atoms with Crippen LogP contribution in [0.4, 0.5) is 5.69 Å². The lowest BCUT2D eigenvalue weighted by Gasteiger charge is -2.23. The number of rotatable bonds is 3. The SMILES string of the molecule is COc1cccc(N(C(=O)c2cccc(Cl)c2C)C2=NCCS2)c1. The number of benzene rings is 2. The molecule has 0 bridgehead atoms. The number of hydrogen-bond acceptors (Lipinski definition) is 4. The van der Waals surface area contributed by atoms with E-state index in [1.54, 1.807) is 42.0 Å². The lowest BCUT2D eigenvalue weighted by Crippen LogP contribution is -2.35. The summed E-state index contributed by atoms with van der Waals surface area (Å²) in [6, 6.07) is 12.8. The van der Waals surface area contributed by atoms with E-state index in [1.165, 1.54) is 0 Å². The Kier molecular flexibility index (Phi) is 5.11. The number of aliphatic imine (C=N–C) groups is 1. The molecule has 6 heteroatoms. The summed E-state index contributed by atoms with van der Waals surface area (Å²) in [6.07, 6.45) is 0. The van der Waals surface area contributed by atoms with Crippen molar-refractivity contribution in [1.29, 1.82) is 0 Å². The van der Waals surface area contributed by atoms with Crippen molar-refractivity contribution in [3.63, 3.8) is 0 Å². The summed E-state index contributed by atoms with van der Waals surface area (Å²) in [4.78, 5) is 19.4.